The van der Waals surface area contributed by atoms with E-state index in [9.17, 15) is 14.7 Å². The van der Waals surface area contributed by atoms with E-state index in [2.05, 4.69) is 15.6 Å². The summed E-state index contributed by atoms with van der Waals surface area (Å²) < 4.78 is 7.69. The van der Waals surface area contributed by atoms with Crippen LogP contribution in [0.15, 0.2) is 30.5 Å². The number of aromatic nitrogens is 3. The molecule has 2 aliphatic rings. The van der Waals surface area contributed by atoms with Gasteiger partial charge in [0.2, 0.25) is 11.8 Å². The second kappa shape index (κ2) is 10.6. The normalized spacial score (nSPS) is 21.8. The average Bonchev–Trinajstić information content (AvgIpc) is 3.42. The lowest BCUT2D eigenvalue weighted by atomic mass is 9.85. The van der Waals surface area contributed by atoms with Crippen molar-refractivity contribution in [1.29, 1.82) is 0 Å². The number of benzene rings is 1. The molecule has 1 saturated heterocycles. The van der Waals surface area contributed by atoms with Gasteiger partial charge in [0.1, 0.15) is 23.9 Å². The molecule has 9 heteroatoms. The molecule has 4 unspecified atom stereocenters. The van der Waals surface area contributed by atoms with Crippen molar-refractivity contribution in [2.45, 2.75) is 90.5 Å². The Balaban J connectivity index is 1.45. The van der Waals surface area contributed by atoms with Gasteiger partial charge in [-0.3, -0.25) is 9.59 Å². The van der Waals surface area contributed by atoms with E-state index >= 15 is 0 Å². The molecule has 1 aliphatic carbocycles. The minimum atomic E-state index is -0.756. The Morgan fingerprint density at radius 3 is 2.67 bits per heavy atom. The van der Waals surface area contributed by atoms with Gasteiger partial charge in [0.25, 0.3) is 0 Å². The van der Waals surface area contributed by atoms with Crippen molar-refractivity contribution >= 4 is 11.8 Å². The molecule has 196 valence electrons. The zero-order valence-corrected chi connectivity index (χ0v) is 22.0. The van der Waals surface area contributed by atoms with Crippen LogP contribution in [0.3, 0.4) is 0 Å². The molecule has 0 bridgehead atoms. The molecule has 2 aromatic rings. The molecule has 2 N–H and O–H groups in total. The number of amides is 2. The fraction of sp³-hybridized carbons (Fsp3) is 0.630. The van der Waals surface area contributed by atoms with Crippen LogP contribution in [0.1, 0.15) is 76.6 Å². The Morgan fingerprint density at radius 1 is 1.28 bits per heavy atom. The molecule has 4 rings (SSSR count). The highest BCUT2D eigenvalue weighted by molar-refractivity contribution is 5.90. The summed E-state index contributed by atoms with van der Waals surface area (Å²) in [7, 11) is 0. The molecule has 2 fully saturated rings. The number of hydrogen-bond donors (Lipinski definition) is 2. The van der Waals surface area contributed by atoms with Gasteiger partial charge in [-0.1, -0.05) is 45.0 Å². The van der Waals surface area contributed by atoms with Gasteiger partial charge in [-0.15, -0.1) is 5.10 Å². The van der Waals surface area contributed by atoms with Gasteiger partial charge in [-0.2, -0.15) is 0 Å². The predicted molar refractivity (Wildman–Crippen MR) is 136 cm³/mol. The van der Waals surface area contributed by atoms with Gasteiger partial charge in [0.05, 0.1) is 18.3 Å². The van der Waals surface area contributed by atoms with Crippen molar-refractivity contribution in [3.05, 3.63) is 41.7 Å². The van der Waals surface area contributed by atoms with Crippen molar-refractivity contribution in [2.24, 2.45) is 5.41 Å². The lowest BCUT2D eigenvalue weighted by molar-refractivity contribution is -0.144. The van der Waals surface area contributed by atoms with E-state index in [-0.39, 0.29) is 30.9 Å². The van der Waals surface area contributed by atoms with Crippen LogP contribution in [0.4, 0.5) is 0 Å². The number of β-amino-alcohol motifs (C(OH)–C–C–N with tert-alkyl or cyclic N) is 1. The van der Waals surface area contributed by atoms with Gasteiger partial charge in [0, 0.05) is 25.1 Å². The molecule has 0 radical (unpaired) electrons. The van der Waals surface area contributed by atoms with Crippen LogP contribution in [0.5, 0.6) is 5.75 Å². The molecule has 4 atom stereocenters. The number of hydrogen-bond acceptors (Lipinski definition) is 6. The first-order valence-electron chi connectivity index (χ1n) is 13.0. The monoisotopic (exact) mass is 497 g/mol. The molecule has 1 aromatic carbocycles. The molecular formula is C27H39N5O4. The highest BCUT2D eigenvalue weighted by Gasteiger charge is 2.45. The lowest BCUT2D eigenvalue weighted by Crippen LogP contribution is -2.51. The summed E-state index contributed by atoms with van der Waals surface area (Å²) >= 11 is 0. The maximum Gasteiger partial charge on any atom is 0.248 e. The smallest absolute Gasteiger partial charge is 0.248 e. The maximum atomic E-state index is 13.8. The van der Waals surface area contributed by atoms with Crippen LogP contribution in [-0.4, -0.2) is 68.2 Å². The van der Waals surface area contributed by atoms with E-state index < -0.39 is 23.6 Å². The second-order valence-corrected chi connectivity index (χ2v) is 11.3. The number of ether oxygens (including phenoxy) is 1. The van der Waals surface area contributed by atoms with E-state index in [4.69, 9.17) is 4.74 Å². The first-order valence-corrected chi connectivity index (χ1v) is 13.0. The number of aliphatic hydroxyl groups excluding tert-OH is 1. The molecule has 9 nitrogen and oxygen atoms in total. The van der Waals surface area contributed by atoms with E-state index in [0.29, 0.717) is 18.9 Å². The first kappa shape index (κ1) is 26.1. The second-order valence-electron chi connectivity index (χ2n) is 11.3. The molecule has 1 saturated carbocycles. The molecule has 1 aromatic heterocycles. The number of nitrogens with zero attached hydrogens (tertiary/aromatic N) is 4. The summed E-state index contributed by atoms with van der Waals surface area (Å²) in [5.41, 5.74) is 1.55. The standard InChI is InChI=1S/C27H39N5O4/c1-6-20(36-21-9-7-8-17(2)12-21)14-28-25(34)23-13-19(33)15-31(23)26(35)24(27(3,4)5)32-16-22(29-30-32)18-10-11-18/h7-9,12,16,18-20,23-24,33H,6,10-11,13-15H2,1-5H3,(H,28,34). The summed E-state index contributed by atoms with van der Waals surface area (Å²) in [4.78, 5) is 28.6. The fourth-order valence-corrected chi connectivity index (χ4v) is 4.81. The number of likely N-dealkylation sites (tertiary alicyclic amines) is 1. The molecule has 2 amide bonds. The SMILES string of the molecule is CCC(CNC(=O)C1CC(O)CN1C(=O)C(n1cc(C2CC2)nn1)C(C)(C)C)Oc1cccc(C)c1. The summed E-state index contributed by atoms with van der Waals surface area (Å²) in [6.45, 7) is 10.4. The zero-order valence-electron chi connectivity index (χ0n) is 22.0. The molecule has 0 spiro atoms. The van der Waals surface area contributed by atoms with Crippen molar-refractivity contribution in [2.75, 3.05) is 13.1 Å². The van der Waals surface area contributed by atoms with E-state index in [1.807, 2.05) is 65.1 Å². The van der Waals surface area contributed by atoms with Crippen LogP contribution in [0.25, 0.3) is 0 Å². The van der Waals surface area contributed by atoms with Crippen molar-refractivity contribution in [3.63, 3.8) is 0 Å². The number of nitrogens with one attached hydrogen (secondary N) is 1. The molecular weight excluding hydrogens is 458 g/mol. The zero-order chi connectivity index (χ0) is 26.0. The number of carbonyl (C=O) groups is 2. The first-order chi connectivity index (χ1) is 17.1. The average molecular weight is 498 g/mol. The number of rotatable bonds is 9. The third kappa shape index (κ3) is 6.06. The topological polar surface area (TPSA) is 110 Å². The highest BCUT2D eigenvalue weighted by atomic mass is 16.5. The van der Waals surface area contributed by atoms with Crippen LogP contribution < -0.4 is 10.1 Å². The Bertz CT molecular complexity index is 1070. The molecule has 1 aliphatic heterocycles. The van der Waals surface area contributed by atoms with Crippen LogP contribution in [-0.2, 0) is 9.59 Å². The predicted octanol–water partition coefficient (Wildman–Crippen LogP) is 2.99. The van der Waals surface area contributed by atoms with E-state index in [1.54, 1.807) is 4.68 Å². The fourth-order valence-electron chi connectivity index (χ4n) is 4.81. The molecule has 36 heavy (non-hydrogen) atoms. The Kier molecular flexibility index (Phi) is 7.68. The summed E-state index contributed by atoms with van der Waals surface area (Å²) in [5.74, 6) is 0.677. The van der Waals surface area contributed by atoms with Crippen LogP contribution in [0.2, 0.25) is 0 Å². The molecule has 2 heterocycles. The van der Waals surface area contributed by atoms with Gasteiger partial charge in [-0.25, -0.2) is 4.68 Å². The Morgan fingerprint density at radius 2 is 2.03 bits per heavy atom. The van der Waals surface area contributed by atoms with Crippen molar-refractivity contribution in [1.82, 2.24) is 25.2 Å². The Hall–Kier alpha value is -2.94. The third-order valence-electron chi connectivity index (χ3n) is 6.96. The van der Waals surface area contributed by atoms with Gasteiger partial charge in [0.15, 0.2) is 0 Å². The maximum absolute atomic E-state index is 13.8. The van der Waals surface area contributed by atoms with Gasteiger partial charge >= 0.3 is 0 Å². The van der Waals surface area contributed by atoms with Gasteiger partial charge < -0.3 is 20.1 Å². The summed E-state index contributed by atoms with van der Waals surface area (Å²) in [5, 5.41) is 21.9. The number of aryl methyl sites for hydroxylation is 1. The van der Waals surface area contributed by atoms with Crippen molar-refractivity contribution in [3.8, 4) is 5.75 Å². The largest absolute Gasteiger partial charge is 0.489 e. The van der Waals surface area contributed by atoms with E-state index in [0.717, 1.165) is 29.8 Å². The van der Waals surface area contributed by atoms with E-state index in [1.165, 1.54) is 4.90 Å². The lowest BCUT2D eigenvalue weighted by Gasteiger charge is -2.34. The number of carbonyl (C=O) groups excluding carboxylic acids is 2. The summed E-state index contributed by atoms with van der Waals surface area (Å²) in [6, 6.07) is 6.42. The third-order valence-corrected chi connectivity index (χ3v) is 6.96. The Labute approximate surface area is 213 Å². The number of aliphatic hydroxyl groups is 1. The van der Waals surface area contributed by atoms with Crippen LogP contribution >= 0.6 is 0 Å². The minimum absolute atomic E-state index is 0.116. The minimum Gasteiger partial charge on any atom is -0.489 e. The quantitative estimate of drug-likeness (QED) is 0.551. The van der Waals surface area contributed by atoms with Gasteiger partial charge in [-0.05, 0) is 49.3 Å². The van der Waals surface area contributed by atoms with Crippen molar-refractivity contribution < 1.29 is 19.4 Å². The highest BCUT2D eigenvalue weighted by Crippen LogP contribution is 2.40. The summed E-state index contributed by atoms with van der Waals surface area (Å²) in [6.07, 6.45) is 4.01. The van der Waals surface area contributed by atoms with Crippen LogP contribution in [0, 0.1) is 12.3 Å².